The van der Waals surface area contributed by atoms with Gasteiger partial charge < -0.3 is 9.64 Å². The Balaban J connectivity index is 1.99. The summed E-state index contributed by atoms with van der Waals surface area (Å²) in [7, 11) is 0. The molecule has 0 N–H and O–H groups in total. The number of hydrogen-bond acceptors (Lipinski definition) is 2. The quantitative estimate of drug-likeness (QED) is 0.847. The predicted octanol–water partition coefficient (Wildman–Crippen LogP) is 3.87. The third-order valence-electron chi connectivity index (χ3n) is 4.01. The zero-order valence-electron chi connectivity index (χ0n) is 12.7. The SMILES string of the molecule is CC1CCCC(C)N1C(=O)COc1cccc(C(F)(F)F)c1. The molecule has 1 heterocycles. The van der Waals surface area contributed by atoms with E-state index in [-0.39, 0.29) is 30.3 Å². The highest BCUT2D eigenvalue weighted by molar-refractivity contribution is 5.78. The lowest BCUT2D eigenvalue weighted by Crippen LogP contribution is -2.49. The highest BCUT2D eigenvalue weighted by Gasteiger charge is 2.31. The van der Waals surface area contributed by atoms with Gasteiger partial charge in [0.2, 0.25) is 0 Å². The monoisotopic (exact) mass is 315 g/mol. The molecule has 1 aromatic rings. The van der Waals surface area contributed by atoms with Crippen molar-refractivity contribution in [1.82, 2.24) is 4.90 Å². The van der Waals surface area contributed by atoms with E-state index in [4.69, 9.17) is 4.74 Å². The van der Waals surface area contributed by atoms with Gasteiger partial charge in [0.15, 0.2) is 6.61 Å². The molecule has 0 saturated carbocycles. The van der Waals surface area contributed by atoms with Crippen molar-refractivity contribution in [2.45, 2.75) is 51.4 Å². The molecule has 6 heteroatoms. The lowest BCUT2D eigenvalue weighted by Gasteiger charge is -2.38. The molecular formula is C16H20F3NO2. The number of piperidine rings is 1. The molecule has 0 aromatic heterocycles. The second kappa shape index (κ2) is 6.58. The van der Waals surface area contributed by atoms with Gasteiger partial charge in [-0.2, -0.15) is 13.2 Å². The van der Waals surface area contributed by atoms with Crippen LogP contribution >= 0.6 is 0 Å². The number of hydrogen-bond donors (Lipinski definition) is 0. The van der Waals surface area contributed by atoms with Crippen LogP contribution in [0.1, 0.15) is 38.7 Å². The zero-order chi connectivity index (χ0) is 16.3. The molecular weight excluding hydrogens is 295 g/mol. The van der Waals surface area contributed by atoms with Crippen LogP contribution in [0.3, 0.4) is 0 Å². The van der Waals surface area contributed by atoms with Crippen LogP contribution in [0, 0.1) is 0 Å². The van der Waals surface area contributed by atoms with E-state index >= 15 is 0 Å². The molecule has 0 spiro atoms. The molecule has 1 fully saturated rings. The number of likely N-dealkylation sites (tertiary alicyclic amines) is 1. The van der Waals surface area contributed by atoms with Gasteiger partial charge in [-0.1, -0.05) is 6.07 Å². The van der Waals surface area contributed by atoms with Crippen molar-refractivity contribution >= 4 is 5.91 Å². The highest BCUT2D eigenvalue weighted by atomic mass is 19.4. The Kier molecular flexibility index (Phi) is 4.98. The molecule has 2 rings (SSSR count). The van der Waals surface area contributed by atoms with E-state index in [0.29, 0.717) is 0 Å². The van der Waals surface area contributed by atoms with Gasteiger partial charge in [0, 0.05) is 12.1 Å². The van der Waals surface area contributed by atoms with Crippen molar-refractivity contribution in [3.63, 3.8) is 0 Å². The van der Waals surface area contributed by atoms with Crippen LogP contribution < -0.4 is 4.74 Å². The Labute approximate surface area is 128 Å². The number of benzene rings is 1. The summed E-state index contributed by atoms with van der Waals surface area (Å²) >= 11 is 0. The minimum absolute atomic E-state index is 0.0560. The molecule has 122 valence electrons. The van der Waals surface area contributed by atoms with Gasteiger partial charge in [0.05, 0.1) is 5.56 Å². The first kappa shape index (κ1) is 16.6. The van der Waals surface area contributed by atoms with Crippen LogP contribution in [0.25, 0.3) is 0 Å². The molecule has 1 saturated heterocycles. The maximum Gasteiger partial charge on any atom is 0.416 e. The Morgan fingerprint density at radius 2 is 1.91 bits per heavy atom. The van der Waals surface area contributed by atoms with E-state index in [9.17, 15) is 18.0 Å². The fourth-order valence-corrected chi connectivity index (χ4v) is 2.89. The number of alkyl halides is 3. The maximum atomic E-state index is 12.6. The van der Waals surface area contributed by atoms with Gasteiger partial charge in [0.25, 0.3) is 5.91 Å². The van der Waals surface area contributed by atoms with E-state index in [1.165, 1.54) is 12.1 Å². The molecule has 1 aliphatic rings. The van der Waals surface area contributed by atoms with Gasteiger partial charge >= 0.3 is 6.18 Å². The van der Waals surface area contributed by atoms with E-state index in [1.807, 2.05) is 13.8 Å². The Morgan fingerprint density at radius 3 is 2.50 bits per heavy atom. The third kappa shape index (κ3) is 3.93. The van der Waals surface area contributed by atoms with Crippen LogP contribution in [0.2, 0.25) is 0 Å². The van der Waals surface area contributed by atoms with Crippen molar-refractivity contribution in [1.29, 1.82) is 0 Å². The number of rotatable bonds is 3. The van der Waals surface area contributed by atoms with Gasteiger partial charge in [-0.05, 0) is 51.3 Å². The molecule has 2 unspecified atom stereocenters. The van der Waals surface area contributed by atoms with Gasteiger partial charge in [-0.25, -0.2) is 0 Å². The largest absolute Gasteiger partial charge is 0.484 e. The second-order valence-electron chi connectivity index (χ2n) is 5.74. The maximum absolute atomic E-state index is 12.6. The van der Waals surface area contributed by atoms with Crippen molar-refractivity contribution < 1.29 is 22.7 Å². The lowest BCUT2D eigenvalue weighted by molar-refractivity contribution is -0.139. The summed E-state index contributed by atoms with van der Waals surface area (Å²) in [5, 5.41) is 0. The summed E-state index contributed by atoms with van der Waals surface area (Å²) in [5.74, 6) is -0.127. The topological polar surface area (TPSA) is 29.5 Å². The first-order chi connectivity index (χ1) is 10.3. The number of halogens is 3. The van der Waals surface area contributed by atoms with Crippen LogP contribution in [-0.4, -0.2) is 29.5 Å². The Bertz CT molecular complexity index is 520. The van der Waals surface area contributed by atoms with Crippen LogP contribution in [-0.2, 0) is 11.0 Å². The fraction of sp³-hybridized carbons (Fsp3) is 0.562. The normalized spacial score (nSPS) is 22.5. The van der Waals surface area contributed by atoms with E-state index in [2.05, 4.69) is 0 Å². The zero-order valence-corrected chi connectivity index (χ0v) is 12.7. The lowest BCUT2D eigenvalue weighted by atomic mass is 9.97. The number of carbonyl (C=O) groups excluding carboxylic acids is 1. The van der Waals surface area contributed by atoms with E-state index < -0.39 is 11.7 Å². The standard InChI is InChI=1S/C16H20F3NO2/c1-11-5-3-6-12(2)20(11)15(21)10-22-14-8-4-7-13(9-14)16(17,18)19/h4,7-9,11-12H,3,5-6,10H2,1-2H3. The minimum atomic E-state index is -4.42. The first-order valence-electron chi connectivity index (χ1n) is 7.40. The van der Waals surface area contributed by atoms with Crippen molar-refractivity contribution in [3.8, 4) is 5.75 Å². The molecule has 0 bridgehead atoms. The molecule has 0 aliphatic carbocycles. The van der Waals surface area contributed by atoms with E-state index in [1.54, 1.807) is 4.90 Å². The summed E-state index contributed by atoms with van der Waals surface area (Å²) in [6.07, 6.45) is -1.45. The molecule has 0 radical (unpaired) electrons. The summed E-state index contributed by atoms with van der Waals surface area (Å²) in [4.78, 5) is 14.0. The smallest absolute Gasteiger partial charge is 0.416 e. The molecule has 3 nitrogen and oxygen atoms in total. The third-order valence-corrected chi connectivity index (χ3v) is 4.01. The summed E-state index contributed by atoms with van der Waals surface area (Å²) in [6.45, 7) is 3.73. The highest BCUT2D eigenvalue weighted by Crippen LogP contribution is 2.31. The molecule has 1 amide bonds. The number of carbonyl (C=O) groups is 1. The molecule has 22 heavy (non-hydrogen) atoms. The number of ether oxygens (including phenoxy) is 1. The number of nitrogens with zero attached hydrogens (tertiary/aromatic N) is 1. The van der Waals surface area contributed by atoms with Crippen molar-refractivity contribution in [2.24, 2.45) is 0 Å². The minimum Gasteiger partial charge on any atom is -0.484 e. The summed E-state index contributed by atoms with van der Waals surface area (Å²) < 4.78 is 43.2. The van der Waals surface area contributed by atoms with Crippen LogP contribution in [0.5, 0.6) is 5.75 Å². The first-order valence-corrected chi connectivity index (χ1v) is 7.40. The van der Waals surface area contributed by atoms with Gasteiger partial charge in [0.1, 0.15) is 5.75 Å². The van der Waals surface area contributed by atoms with Gasteiger partial charge in [-0.15, -0.1) is 0 Å². The Hall–Kier alpha value is -1.72. The number of amides is 1. The van der Waals surface area contributed by atoms with Crippen molar-refractivity contribution in [3.05, 3.63) is 29.8 Å². The predicted molar refractivity (Wildman–Crippen MR) is 76.6 cm³/mol. The van der Waals surface area contributed by atoms with Gasteiger partial charge in [-0.3, -0.25) is 4.79 Å². The average molecular weight is 315 g/mol. The molecule has 1 aliphatic heterocycles. The summed E-state index contributed by atoms with van der Waals surface area (Å²) in [6, 6.07) is 4.86. The average Bonchev–Trinajstić information content (AvgIpc) is 2.44. The summed E-state index contributed by atoms with van der Waals surface area (Å²) in [5.41, 5.74) is -0.780. The van der Waals surface area contributed by atoms with Crippen LogP contribution in [0.15, 0.2) is 24.3 Å². The van der Waals surface area contributed by atoms with Crippen LogP contribution in [0.4, 0.5) is 13.2 Å². The Morgan fingerprint density at radius 1 is 1.27 bits per heavy atom. The second-order valence-corrected chi connectivity index (χ2v) is 5.74. The van der Waals surface area contributed by atoms with E-state index in [0.717, 1.165) is 31.4 Å². The fourth-order valence-electron chi connectivity index (χ4n) is 2.89. The molecule has 2 atom stereocenters. The molecule has 1 aromatic carbocycles. The van der Waals surface area contributed by atoms with Crippen molar-refractivity contribution in [2.75, 3.05) is 6.61 Å².